The number of carbonyl (C=O) groups excluding carboxylic acids is 6. The molecule has 18 heteroatoms. The second-order valence-corrected chi connectivity index (χ2v) is 11.2. The van der Waals surface area contributed by atoms with Crippen molar-refractivity contribution in [3.8, 4) is 11.5 Å². The Bertz CT molecular complexity index is 1430. The van der Waals surface area contributed by atoms with Crippen molar-refractivity contribution in [1.82, 2.24) is 9.80 Å². The topological polar surface area (TPSA) is 201 Å². The van der Waals surface area contributed by atoms with Crippen LogP contribution in [0.1, 0.15) is 62.1 Å². The van der Waals surface area contributed by atoms with E-state index in [0.29, 0.717) is 0 Å². The van der Waals surface area contributed by atoms with Gasteiger partial charge < -0.3 is 57.2 Å². The number of esters is 4. The fourth-order valence-corrected chi connectivity index (χ4v) is 5.33. The molecule has 0 aliphatic carbocycles. The molecule has 2 aromatic carbocycles. The highest BCUT2D eigenvalue weighted by Gasteiger charge is 2.28. The number of carbonyl (C=O) groups is 6. The Morgan fingerprint density at radius 1 is 0.426 bits per heavy atom. The van der Waals surface area contributed by atoms with Gasteiger partial charge in [0.2, 0.25) is 0 Å². The molecule has 0 bridgehead atoms. The zero-order valence-electron chi connectivity index (χ0n) is 31.2. The molecule has 3 rings (SSSR count). The van der Waals surface area contributed by atoms with Crippen molar-refractivity contribution in [3.05, 3.63) is 57.6 Å². The van der Waals surface area contributed by atoms with Crippen LogP contribution >= 0.6 is 0 Å². The number of hydrogen-bond acceptors (Lipinski definition) is 16. The van der Waals surface area contributed by atoms with Gasteiger partial charge in [-0.15, -0.1) is 0 Å². The lowest BCUT2D eigenvalue weighted by atomic mass is 10.0. The molecule has 0 spiro atoms. The van der Waals surface area contributed by atoms with Crippen LogP contribution in [0, 0.1) is 0 Å². The second-order valence-electron chi connectivity index (χ2n) is 11.2. The molecular weight excluding hydrogens is 716 g/mol. The molecule has 54 heavy (non-hydrogen) atoms. The molecule has 0 atom stereocenters. The molecule has 0 N–H and O–H groups in total. The summed E-state index contributed by atoms with van der Waals surface area (Å²) in [6.07, 6.45) is 0. The van der Waals surface area contributed by atoms with Crippen LogP contribution in [0.2, 0.25) is 0 Å². The van der Waals surface area contributed by atoms with E-state index in [0.717, 1.165) is 28.4 Å². The van der Waals surface area contributed by atoms with Gasteiger partial charge in [-0.1, -0.05) is 0 Å². The summed E-state index contributed by atoms with van der Waals surface area (Å²) in [5.74, 6) is -4.46. The number of ether oxygens (including phenoxy) is 10. The zero-order valence-corrected chi connectivity index (χ0v) is 31.2. The third kappa shape index (κ3) is 11.3. The lowest BCUT2D eigenvalue weighted by molar-refractivity contribution is 0.00888. The number of benzene rings is 2. The first kappa shape index (κ1) is 43.1. The highest BCUT2D eigenvalue weighted by atomic mass is 16.5. The van der Waals surface area contributed by atoms with E-state index in [-0.39, 0.29) is 124 Å². The normalized spacial score (nSPS) is 15.1. The van der Waals surface area contributed by atoms with E-state index in [1.165, 1.54) is 48.3 Å². The number of nitrogens with zero attached hydrogens (tertiary/aromatic N) is 2. The van der Waals surface area contributed by atoms with Crippen LogP contribution in [0.15, 0.2) is 24.3 Å². The monoisotopic (exact) mass is 762 g/mol. The summed E-state index contributed by atoms with van der Waals surface area (Å²) in [7, 11) is 7.20. The number of methoxy groups -OCH3 is 6. The van der Waals surface area contributed by atoms with Crippen LogP contribution in [-0.4, -0.2) is 167 Å². The molecule has 0 saturated carbocycles. The van der Waals surface area contributed by atoms with Crippen molar-refractivity contribution < 1.29 is 76.1 Å². The van der Waals surface area contributed by atoms with E-state index < -0.39 is 35.7 Å². The summed E-state index contributed by atoms with van der Waals surface area (Å²) in [5, 5.41) is 0. The molecular formula is C36H46N2O16. The summed E-state index contributed by atoms with van der Waals surface area (Å²) in [6, 6.07) is 5.14. The fourth-order valence-electron chi connectivity index (χ4n) is 5.33. The predicted molar refractivity (Wildman–Crippen MR) is 186 cm³/mol. The molecule has 18 nitrogen and oxygen atoms in total. The first-order valence-electron chi connectivity index (χ1n) is 16.7. The van der Waals surface area contributed by atoms with Crippen molar-refractivity contribution in [3.63, 3.8) is 0 Å². The molecule has 0 aromatic heterocycles. The average molecular weight is 763 g/mol. The quantitative estimate of drug-likeness (QED) is 0.277. The SMILES string of the molecule is COC(=O)c1cc(C(=O)N2CCOCCOCCN(C(=O)c3cc(C(=O)OC)c(OC)c(C(=O)OC)c3)CCOCCOCC2)cc(C(=O)OC)c1OC. The third-order valence-electron chi connectivity index (χ3n) is 8.04. The number of rotatable bonds is 8. The van der Waals surface area contributed by atoms with Crippen molar-refractivity contribution in [2.75, 3.05) is 122 Å². The van der Waals surface area contributed by atoms with Gasteiger partial charge in [0.15, 0.2) is 0 Å². The van der Waals surface area contributed by atoms with Gasteiger partial charge in [0.05, 0.1) is 95.5 Å². The standard InChI is InChI=1S/C36H46N2O16/c1-45-29-25(33(41)47-3)19-23(20-26(29)34(42)48-4)31(39)37-7-11-51-15-17-53-13-9-38(10-14-54-18-16-52-12-8-37)32(40)24-21-27(35(43)49-5)30(46-2)28(22-24)36(44)50-6/h19-22H,7-18H2,1-6H3. The van der Waals surface area contributed by atoms with Crippen LogP contribution in [0.25, 0.3) is 0 Å². The van der Waals surface area contributed by atoms with Gasteiger partial charge in [0.1, 0.15) is 33.8 Å². The number of hydrogen-bond donors (Lipinski definition) is 0. The summed E-state index contributed by atoms with van der Waals surface area (Å²) in [4.78, 5) is 80.6. The van der Waals surface area contributed by atoms with Gasteiger partial charge in [-0.3, -0.25) is 9.59 Å². The van der Waals surface area contributed by atoms with Gasteiger partial charge in [-0.25, -0.2) is 19.2 Å². The maximum atomic E-state index is 13.7. The lowest BCUT2D eigenvalue weighted by Crippen LogP contribution is -2.38. The average Bonchev–Trinajstić information content (AvgIpc) is 3.20. The Hall–Kier alpha value is -5.30. The van der Waals surface area contributed by atoms with Gasteiger partial charge in [0, 0.05) is 37.3 Å². The van der Waals surface area contributed by atoms with Gasteiger partial charge >= 0.3 is 23.9 Å². The van der Waals surface area contributed by atoms with Crippen LogP contribution < -0.4 is 9.47 Å². The van der Waals surface area contributed by atoms with E-state index in [4.69, 9.17) is 47.4 Å². The maximum absolute atomic E-state index is 13.7. The number of amides is 2. The Kier molecular flexibility index (Phi) is 17.6. The molecule has 2 aromatic rings. The second kappa shape index (κ2) is 22.0. The Morgan fingerprint density at radius 2 is 0.667 bits per heavy atom. The summed E-state index contributed by atoms with van der Waals surface area (Å²) in [6.45, 7) is 1.53. The minimum Gasteiger partial charge on any atom is -0.495 e. The minimum absolute atomic E-state index is 0.0159. The Labute approximate surface area is 312 Å². The molecule has 1 fully saturated rings. The van der Waals surface area contributed by atoms with E-state index in [1.807, 2.05) is 0 Å². The summed E-state index contributed by atoms with van der Waals surface area (Å²) >= 11 is 0. The van der Waals surface area contributed by atoms with Gasteiger partial charge in [0.25, 0.3) is 11.8 Å². The summed E-state index contributed by atoms with van der Waals surface area (Å²) in [5.41, 5.74) is -0.484. The lowest BCUT2D eigenvalue weighted by Gasteiger charge is -2.25. The Balaban J connectivity index is 1.73. The molecule has 0 unspecified atom stereocenters. The summed E-state index contributed by atoms with van der Waals surface area (Å²) < 4.78 is 52.8. The zero-order chi connectivity index (χ0) is 39.6. The van der Waals surface area contributed by atoms with Crippen LogP contribution in [0.3, 0.4) is 0 Å². The maximum Gasteiger partial charge on any atom is 0.341 e. The molecule has 1 aliphatic rings. The fraction of sp³-hybridized carbons (Fsp3) is 0.500. The molecule has 1 aliphatic heterocycles. The predicted octanol–water partition coefficient (Wildman–Crippen LogP) is 1.51. The van der Waals surface area contributed by atoms with E-state index in [2.05, 4.69) is 0 Å². The van der Waals surface area contributed by atoms with E-state index in [1.54, 1.807) is 0 Å². The highest BCUT2D eigenvalue weighted by Crippen LogP contribution is 2.29. The highest BCUT2D eigenvalue weighted by molar-refractivity contribution is 6.06. The van der Waals surface area contributed by atoms with Gasteiger partial charge in [-0.05, 0) is 24.3 Å². The molecule has 0 radical (unpaired) electrons. The molecule has 2 amide bonds. The van der Waals surface area contributed by atoms with Crippen molar-refractivity contribution in [1.29, 1.82) is 0 Å². The Morgan fingerprint density at radius 3 is 0.870 bits per heavy atom. The smallest absolute Gasteiger partial charge is 0.341 e. The molecule has 296 valence electrons. The first-order valence-corrected chi connectivity index (χ1v) is 16.7. The molecule has 1 heterocycles. The van der Waals surface area contributed by atoms with Crippen LogP contribution in [0.4, 0.5) is 0 Å². The van der Waals surface area contributed by atoms with Crippen molar-refractivity contribution in [2.45, 2.75) is 0 Å². The van der Waals surface area contributed by atoms with E-state index in [9.17, 15) is 28.8 Å². The largest absolute Gasteiger partial charge is 0.495 e. The molecule has 1 saturated heterocycles. The first-order chi connectivity index (χ1) is 26.1. The van der Waals surface area contributed by atoms with E-state index >= 15 is 0 Å². The van der Waals surface area contributed by atoms with Crippen molar-refractivity contribution >= 4 is 35.7 Å². The third-order valence-corrected chi connectivity index (χ3v) is 8.04. The van der Waals surface area contributed by atoms with Crippen molar-refractivity contribution in [2.24, 2.45) is 0 Å². The van der Waals surface area contributed by atoms with Crippen LogP contribution in [0.5, 0.6) is 11.5 Å². The van der Waals surface area contributed by atoms with Crippen LogP contribution in [-0.2, 0) is 37.9 Å². The van der Waals surface area contributed by atoms with Gasteiger partial charge in [-0.2, -0.15) is 0 Å². The minimum atomic E-state index is -0.813.